The number of aromatic nitrogens is 2. The largest absolute Gasteiger partial charge is 1.00 e. The maximum absolute atomic E-state index is 2.50. The third-order valence-corrected chi connectivity index (χ3v) is 4.86. The van der Waals surface area contributed by atoms with Crippen molar-refractivity contribution in [2.75, 3.05) is 0 Å². The molecule has 0 fully saturated rings. The van der Waals surface area contributed by atoms with E-state index in [2.05, 4.69) is 109 Å². The summed E-state index contributed by atoms with van der Waals surface area (Å²) in [5.74, 6) is 0. The highest BCUT2D eigenvalue weighted by Crippen LogP contribution is 2.35. The third-order valence-electron chi connectivity index (χ3n) is 4.86. The summed E-state index contributed by atoms with van der Waals surface area (Å²) in [5.41, 5.74) is 3.39. The number of para-hydroxylation sites is 2. The second-order valence-electron chi connectivity index (χ2n) is 11.4. The van der Waals surface area contributed by atoms with Gasteiger partial charge in [-0.2, -0.15) is 0 Å². The lowest BCUT2D eigenvalue weighted by molar-refractivity contribution is -0.738. The minimum atomic E-state index is 0. The van der Waals surface area contributed by atoms with Gasteiger partial charge >= 0.3 is 0 Å². The van der Waals surface area contributed by atoms with Gasteiger partial charge in [0.1, 0.15) is 11.1 Å². The molecular formula is C23H39BrN2. The zero-order valence-corrected chi connectivity index (χ0v) is 20.2. The minimum Gasteiger partial charge on any atom is -1.00 e. The van der Waals surface area contributed by atoms with Crippen molar-refractivity contribution in [1.82, 2.24) is 4.57 Å². The zero-order chi connectivity index (χ0) is 19.3. The quantitative estimate of drug-likeness (QED) is 0.668. The lowest BCUT2D eigenvalue weighted by atomic mass is 9.81. The Labute approximate surface area is 171 Å². The molecule has 26 heavy (non-hydrogen) atoms. The van der Waals surface area contributed by atoms with E-state index in [1.54, 1.807) is 0 Å². The zero-order valence-electron chi connectivity index (χ0n) is 18.6. The van der Waals surface area contributed by atoms with Crippen LogP contribution in [0.25, 0.3) is 11.0 Å². The van der Waals surface area contributed by atoms with Gasteiger partial charge in [-0.1, -0.05) is 53.7 Å². The number of rotatable bonds is 4. The number of fused-ring (bicyclic) bond motifs is 1. The van der Waals surface area contributed by atoms with Crippen LogP contribution in [0.5, 0.6) is 0 Å². The van der Waals surface area contributed by atoms with Gasteiger partial charge in [0.25, 0.3) is 0 Å². The molecule has 3 heteroatoms. The van der Waals surface area contributed by atoms with Crippen LogP contribution < -0.4 is 21.5 Å². The molecule has 0 N–H and O–H groups in total. The molecule has 1 aromatic carbocycles. The van der Waals surface area contributed by atoms with Gasteiger partial charge in [0.15, 0.2) is 11.0 Å². The number of nitrogens with zero attached hydrogens (tertiary/aromatic N) is 2. The van der Waals surface area contributed by atoms with E-state index in [1.807, 2.05) is 0 Å². The molecule has 0 atom stereocenters. The highest BCUT2D eigenvalue weighted by molar-refractivity contribution is 5.72. The molecular weight excluding hydrogens is 384 g/mol. The average Bonchev–Trinajstić information content (AvgIpc) is 2.73. The van der Waals surface area contributed by atoms with Crippen molar-refractivity contribution in [2.24, 2.45) is 10.8 Å². The van der Waals surface area contributed by atoms with E-state index in [9.17, 15) is 0 Å². The van der Waals surface area contributed by atoms with Crippen molar-refractivity contribution in [1.29, 1.82) is 0 Å². The molecule has 0 aliphatic carbocycles. The number of halogens is 1. The summed E-state index contributed by atoms with van der Waals surface area (Å²) in [6, 6.07) is 8.85. The van der Waals surface area contributed by atoms with Crippen LogP contribution in [-0.4, -0.2) is 4.57 Å². The van der Waals surface area contributed by atoms with Gasteiger partial charge in [0, 0.05) is 0 Å². The predicted octanol–water partition coefficient (Wildman–Crippen LogP) is 3.28. The Morgan fingerprint density at radius 1 is 0.769 bits per heavy atom. The molecule has 1 aromatic heterocycles. The van der Waals surface area contributed by atoms with Crippen molar-refractivity contribution < 1.29 is 21.5 Å². The molecule has 1 heterocycles. The highest BCUT2D eigenvalue weighted by atomic mass is 79.9. The molecule has 2 aromatic rings. The molecule has 0 amide bonds. The van der Waals surface area contributed by atoms with Crippen LogP contribution in [0.2, 0.25) is 0 Å². The van der Waals surface area contributed by atoms with Crippen molar-refractivity contribution in [3.63, 3.8) is 0 Å². The lowest BCUT2D eigenvalue weighted by Gasteiger charge is -2.31. The van der Waals surface area contributed by atoms with E-state index >= 15 is 0 Å². The molecule has 0 saturated heterocycles. The number of benzene rings is 1. The first-order valence-electron chi connectivity index (χ1n) is 9.65. The van der Waals surface area contributed by atoms with E-state index in [-0.39, 0.29) is 28.1 Å². The highest BCUT2D eigenvalue weighted by Gasteiger charge is 2.38. The van der Waals surface area contributed by atoms with Crippen molar-refractivity contribution in [3.8, 4) is 0 Å². The molecule has 148 valence electrons. The number of hydrogen-bond acceptors (Lipinski definition) is 0. The first kappa shape index (κ1) is 23.2. The Morgan fingerprint density at radius 3 is 1.77 bits per heavy atom. The maximum Gasteiger partial charge on any atom is 0.245 e. The van der Waals surface area contributed by atoms with Crippen LogP contribution in [0.15, 0.2) is 30.6 Å². The molecule has 0 spiro atoms. The van der Waals surface area contributed by atoms with Crippen molar-refractivity contribution in [2.45, 2.75) is 93.2 Å². The smallest absolute Gasteiger partial charge is 0.245 e. The summed E-state index contributed by atoms with van der Waals surface area (Å²) >= 11 is 0. The van der Waals surface area contributed by atoms with Crippen LogP contribution in [-0.2, 0) is 11.1 Å². The van der Waals surface area contributed by atoms with Crippen LogP contribution >= 0.6 is 0 Å². The number of imidazole rings is 1. The monoisotopic (exact) mass is 422 g/mol. The van der Waals surface area contributed by atoms with E-state index in [0.29, 0.717) is 10.8 Å². The fraction of sp³-hybridized carbons (Fsp3) is 0.696. The van der Waals surface area contributed by atoms with E-state index in [4.69, 9.17) is 0 Å². The fourth-order valence-electron chi connectivity index (χ4n) is 4.84. The van der Waals surface area contributed by atoms with Gasteiger partial charge in [-0.15, -0.1) is 0 Å². The Morgan fingerprint density at radius 2 is 1.27 bits per heavy atom. The summed E-state index contributed by atoms with van der Waals surface area (Å²) in [4.78, 5) is 0. The second-order valence-corrected chi connectivity index (χ2v) is 11.4. The van der Waals surface area contributed by atoms with E-state index < -0.39 is 0 Å². The summed E-state index contributed by atoms with van der Waals surface area (Å²) in [6.45, 7) is 23.5. The van der Waals surface area contributed by atoms with Crippen molar-refractivity contribution >= 4 is 11.0 Å². The van der Waals surface area contributed by atoms with E-state index in [0.717, 1.165) is 12.8 Å². The molecule has 0 unspecified atom stereocenters. The molecule has 0 radical (unpaired) electrons. The maximum atomic E-state index is 2.50. The van der Waals surface area contributed by atoms with Gasteiger partial charge in [0.2, 0.25) is 6.33 Å². The van der Waals surface area contributed by atoms with Crippen LogP contribution in [0, 0.1) is 10.8 Å². The molecule has 0 aliphatic heterocycles. The topological polar surface area (TPSA) is 8.81 Å². The fourth-order valence-corrected chi connectivity index (χ4v) is 4.84. The van der Waals surface area contributed by atoms with Crippen LogP contribution in [0.3, 0.4) is 0 Å². The summed E-state index contributed by atoms with van der Waals surface area (Å²) in [6.07, 6.45) is 4.64. The average molecular weight is 423 g/mol. The van der Waals surface area contributed by atoms with E-state index in [1.165, 1.54) is 11.0 Å². The standard InChI is InChI=1S/C23H39N2.BrH/c1-20(2,3)15-22(7,8)24-17-25(19-14-12-11-13-18(19)24)23(9,10)16-21(4,5)6;/h11-14,17H,15-16H2,1-10H3;1H/q+1;/p-1. The first-order chi connectivity index (χ1) is 11.1. The Bertz CT molecular complexity index is 678. The minimum absolute atomic E-state index is 0. The third kappa shape index (κ3) is 5.34. The van der Waals surface area contributed by atoms with Gasteiger partial charge in [-0.05, 0) is 63.5 Å². The predicted molar refractivity (Wildman–Crippen MR) is 109 cm³/mol. The van der Waals surface area contributed by atoms with Crippen molar-refractivity contribution in [3.05, 3.63) is 30.6 Å². The Hall–Kier alpha value is -0.830. The SMILES string of the molecule is CC(C)(C)CC(C)(C)n1c[n+](C(C)(C)CC(C)(C)C)c2ccccc21.[Br-]. The molecule has 0 bridgehead atoms. The summed E-state index contributed by atoms with van der Waals surface area (Å²) < 4.78 is 5.00. The van der Waals surface area contributed by atoms with Gasteiger partial charge in [-0.25, -0.2) is 9.13 Å². The lowest BCUT2D eigenvalue weighted by Crippen LogP contribution is -3.00. The molecule has 0 saturated carbocycles. The van der Waals surface area contributed by atoms with Gasteiger partial charge < -0.3 is 17.0 Å². The first-order valence-corrected chi connectivity index (χ1v) is 9.65. The Balaban J connectivity index is 0.00000338. The summed E-state index contributed by atoms with van der Waals surface area (Å²) in [5, 5.41) is 0. The number of hydrogen-bond donors (Lipinski definition) is 0. The second kappa shape index (κ2) is 7.30. The van der Waals surface area contributed by atoms with Gasteiger partial charge in [0.05, 0.1) is 0 Å². The Kier molecular flexibility index (Phi) is 6.51. The normalized spacial score (nSPS) is 13.8. The summed E-state index contributed by atoms with van der Waals surface area (Å²) in [7, 11) is 0. The van der Waals surface area contributed by atoms with Gasteiger partial charge in [-0.3, -0.25) is 0 Å². The molecule has 2 rings (SSSR count). The molecule has 0 aliphatic rings. The molecule has 2 nitrogen and oxygen atoms in total. The van der Waals surface area contributed by atoms with Crippen LogP contribution in [0.1, 0.15) is 82.1 Å². The van der Waals surface area contributed by atoms with Crippen LogP contribution in [0.4, 0.5) is 0 Å².